The molecule has 2 heteroatoms. The topological polar surface area (TPSA) is 16.4 Å². The van der Waals surface area contributed by atoms with Crippen LogP contribution in [0.3, 0.4) is 0 Å². The summed E-state index contributed by atoms with van der Waals surface area (Å²) in [5.74, 6) is 0. The van der Waals surface area contributed by atoms with E-state index in [-0.39, 0.29) is 5.41 Å². The Hall–Kier alpha value is -7.42. The highest BCUT2D eigenvalue weighted by atomic mass is 16.3. The number of hydrogen-bond donors (Lipinski definition) is 0. The number of furan rings is 1. The van der Waals surface area contributed by atoms with Crippen molar-refractivity contribution in [3.63, 3.8) is 0 Å². The lowest BCUT2D eigenvalue weighted by molar-refractivity contribution is 0.660. The van der Waals surface area contributed by atoms with Crippen LogP contribution in [0.25, 0.3) is 77.6 Å². The van der Waals surface area contributed by atoms with Crippen LogP contribution in [-0.4, -0.2) is 0 Å². The van der Waals surface area contributed by atoms with Crippen molar-refractivity contribution in [3.05, 3.63) is 223 Å². The molecule has 0 atom stereocenters. The summed E-state index contributed by atoms with van der Waals surface area (Å²) in [6.45, 7) is 4.74. The van der Waals surface area contributed by atoms with E-state index in [0.717, 1.165) is 44.6 Å². The first-order valence-electron chi connectivity index (χ1n) is 20.4. The fourth-order valence-corrected chi connectivity index (χ4v) is 9.22. The summed E-state index contributed by atoms with van der Waals surface area (Å²) in [6, 6.07) is 76.9. The van der Waals surface area contributed by atoms with Gasteiger partial charge in [-0.05, 0) is 116 Å². The molecule has 0 fully saturated rings. The molecule has 0 unspecified atom stereocenters. The molecule has 0 radical (unpaired) electrons. The third-order valence-electron chi connectivity index (χ3n) is 12.3. The van der Waals surface area contributed by atoms with Gasteiger partial charge in [0.05, 0.1) is 0 Å². The van der Waals surface area contributed by atoms with Crippen LogP contribution in [0.5, 0.6) is 0 Å². The molecule has 9 aromatic carbocycles. The van der Waals surface area contributed by atoms with Gasteiger partial charge in [0.2, 0.25) is 0 Å². The summed E-state index contributed by atoms with van der Waals surface area (Å²) in [5.41, 5.74) is 19.5. The van der Waals surface area contributed by atoms with Gasteiger partial charge < -0.3 is 9.32 Å². The van der Waals surface area contributed by atoms with Crippen LogP contribution in [0.2, 0.25) is 0 Å². The van der Waals surface area contributed by atoms with Crippen molar-refractivity contribution in [1.29, 1.82) is 0 Å². The normalized spacial score (nSPS) is 12.7. The van der Waals surface area contributed by atoms with Crippen molar-refractivity contribution in [2.45, 2.75) is 19.3 Å². The summed E-state index contributed by atoms with van der Waals surface area (Å²) in [6.07, 6.45) is 0. The Morgan fingerprint density at radius 2 is 0.847 bits per heavy atom. The summed E-state index contributed by atoms with van der Waals surface area (Å²) in [4.78, 5) is 2.43. The van der Waals surface area contributed by atoms with Gasteiger partial charge in [0.1, 0.15) is 11.2 Å². The molecule has 1 heterocycles. The minimum absolute atomic E-state index is 0.248. The summed E-state index contributed by atoms with van der Waals surface area (Å²) < 4.78 is 6.50. The average Bonchev–Trinajstić information content (AvgIpc) is 3.79. The second kappa shape index (κ2) is 13.9. The zero-order chi connectivity index (χ0) is 39.5. The number of anilines is 3. The predicted molar refractivity (Wildman–Crippen MR) is 248 cm³/mol. The van der Waals surface area contributed by atoms with Crippen LogP contribution >= 0.6 is 0 Å². The highest BCUT2D eigenvalue weighted by molar-refractivity contribution is 6.09. The molecule has 0 aliphatic heterocycles. The Bertz CT molecular complexity index is 3100. The highest BCUT2D eigenvalue weighted by Crippen LogP contribution is 2.52. The van der Waals surface area contributed by atoms with Gasteiger partial charge in [-0.1, -0.05) is 172 Å². The second-order valence-corrected chi connectivity index (χ2v) is 16.1. The quantitative estimate of drug-likeness (QED) is 0.161. The molecular formula is C57H41NO. The number of hydrogen-bond acceptors (Lipinski definition) is 2. The Morgan fingerprint density at radius 3 is 1.51 bits per heavy atom. The first-order valence-corrected chi connectivity index (χ1v) is 20.4. The monoisotopic (exact) mass is 755 g/mol. The van der Waals surface area contributed by atoms with Crippen molar-refractivity contribution in [2.75, 3.05) is 4.90 Å². The Kier molecular flexibility index (Phi) is 8.20. The molecule has 0 N–H and O–H groups in total. The van der Waals surface area contributed by atoms with Crippen LogP contribution < -0.4 is 4.90 Å². The van der Waals surface area contributed by atoms with E-state index in [0.29, 0.717) is 0 Å². The molecule has 10 aromatic rings. The van der Waals surface area contributed by atoms with E-state index in [9.17, 15) is 0 Å². The van der Waals surface area contributed by atoms with E-state index in [4.69, 9.17) is 4.42 Å². The lowest BCUT2D eigenvalue weighted by Crippen LogP contribution is -2.16. The smallest absolute Gasteiger partial charge is 0.143 e. The molecule has 1 aliphatic rings. The lowest BCUT2D eigenvalue weighted by Gasteiger charge is -2.29. The van der Waals surface area contributed by atoms with E-state index in [1.165, 1.54) is 61.2 Å². The van der Waals surface area contributed by atoms with Crippen LogP contribution in [-0.2, 0) is 5.41 Å². The summed E-state index contributed by atoms with van der Waals surface area (Å²) in [7, 11) is 0. The molecular weight excluding hydrogens is 715 g/mol. The van der Waals surface area contributed by atoms with E-state index in [1.54, 1.807) is 0 Å². The number of para-hydroxylation sites is 2. The molecule has 280 valence electrons. The van der Waals surface area contributed by atoms with Crippen molar-refractivity contribution in [1.82, 2.24) is 0 Å². The fraction of sp³-hybridized carbons (Fsp3) is 0.0526. The van der Waals surface area contributed by atoms with Crippen LogP contribution in [0.1, 0.15) is 25.0 Å². The van der Waals surface area contributed by atoms with Crippen molar-refractivity contribution >= 4 is 39.0 Å². The Labute approximate surface area is 345 Å². The SMILES string of the molecule is CC1(C)c2cc(-c3cccc4c3oc3ccccc34)ccc2-c2ccc(N(c3ccc(-c4ccccc4)cc3)c3cc(-c4ccccc4)cc(-c4ccccc4)c3)cc21. The van der Waals surface area contributed by atoms with E-state index in [2.05, 4.69) is 225 Å². The van der Waals surface area contributed by atoms with E-state index >= 15 is 0 Å². The number of nitrogens with zero attached hydrogens (tertiary/aromatic N) is 1. The standard InChI is InChI=1S/C57H41NO/c1-57(2)53-36-42(48-22-14-23-52-51-21-12-13-24-55(51)59-56(48)52)27-31-49(53)50-32-30-46(37-54(50)57)58(45-28-25-41(26-29-45)38-15-6-3-7-16-38)47-34-43(39-17-8-4-9-18-39)33-44(35-47)40-19-10-5-11-20-40/h3-37H,1-2H3. The maximum atomic E-state index is 6.50. The lowest BCUT2D eigenvalue weighted by atomic mass is 9.81. The molecule has 0 spiro atoms. The molecule has 0 saturated heterocycles. The number of benzene rings is 9. The molecule has 2 nitrogen and oxygen atoms in total. The van der Waals surface area contributed by atoms with Gasteiger partial charge in [-0.15, -0.1) is 0 Å². The highest BCUT2D eigenvalue weighted by Gasteiger charge is 2.36. The maximum Gasteiger partial charge on any atom is 0.143 e. The Balaban J connectivity index is 1.06. The van der Waals surface area contributed by atoms with Crippen molar-refractivity contribution in [2.24, 2.45) is 0 Å². The van der Waals surface area contributed by atoms with Gasteiger partial charge in [-0.2, -0.15) is 0 Å². The molecule has 0 bridgehead atoms. The van der Waals surface area contributed by atoms with Crippen molar-refractivity contribution < 1.29 is 4.42 Å². The van der Waals surface area contributed by atoms with E-state index in [1.807, 2.05) is 6.07 Å². The zero-order valence-corrected chi connectivity index (χ0v) is 33.1. The number of fused-ring (bicyclic) bond motifs is 6. The summed E-state index contributed by atoms with van der Waals surface area (Å²) in [5, 5.41) is 2.30. The largest absolute Gasteiger partial charge is 0.455 e. The van der Waals surface area contributed by atoms with Gasteiger partial charge in [0, 0.05) is 38.8 Å². The van der Waals surface area contributed by atoms with Crippen molar-refractivity contribution in [3.8, 4) is 55.6 Å². The third kappa shape index (κ3) is 5.96. The van der Waals surface area contributed by atoms with Gasteiger partial charge >= 0.3 is 0 Å². The van der Waals surface area contributed by atoms with Crippen LogP contribution in [0.15, 0.2) is 217 Å². The molecule has 0 saturated carbocycles. The van der Waals surface area contributed by atoms with Crippen LogP contribution in [0.4, 0.5) is 17.1 Å². The molecule has 11 rings (SSSR count). The minimum Gasteiger partial charge on any atom is -0.455 e. The fourth-order valence-electron chi connectivity index (χ4n) is 9.22. The molecule has 59 heavy (non-hydrogen) atoms. The average molecular weight is 756 g/mol. The van der Waals surface area contributed by atoms with Crippen LogP contribution in [0, 0.1) is 0 Å². The van der Waals surface area contributed by atoms with Gasteiger partial charge in [-0.25, -0.2) is 0 Å². The Morgan fingerprint density at radius 1 is 0.339 bits per heavy atom. The molecule has 0 amide bonds. The maximum absolute atomic E-state index is 6.50. The third-order valence-corrected chi connectivity index (χ3v) is 12.3. The van der Waals surface area contributed by atoms with Gasteiger partial charge in [0.15, 0.2) is 0 Å². The van der Waals surface area contributed by atoms with Gasteiger partial charge in [-0.3, -0.25) is 0 Å². The summed E-state index contributed by atoms with van der Waals surface area (Å²) >= 11 is 0. The molecule has 1 aliphatic carbocycles. The first-order chi connectivity index (χ1) is 29.0. The zero-order valence-electron chi connectivity index (χ0n) is 33.1. The minimum atomic E-state index is -0.248. The van der Waals surface area contributed by atoms with Gasteiger partial charge in [0.25, 0.3) is 0 Å². The first kappa shape index (κ1) is 34.8. The molecule has 1 aromatic heterocycles. The second-order valence-electron chi connectivity index (χ2n) is 16.1. The van der Waals surface area contributed by atoms with E-state index < -0.39 is 0 Å². The predicted octanol–water partition coefficient (Wildman–Crippen LogP) is 16.0. The number of rotatable bonds is 7.